The Balaban J connectivity index is 2.29. The number of aromatic nitrogens is 2. The Morgan fingerprint density at radius 1 is 1.42 bits per heavy atom. The second-order valence-corrected chi connectivity index (χ2v) is 4.18. The standard InChI is InChI=1S/C13H16N4O2/c1-3-10(14)12(18)15-11-7-5-4-6-9(11)13-17-16-8(2)19-13/h4-7,10H,3,14H2,1-2H3,(H,15,18)/t10-/m0/s1. The van der Waals surface area contributed by atoms with Gasteiger partial charge in [0.05, 0.1) is 17.3 Å². The molecule has 6 heteroatoms. The highest BCUT2D eigenvalue weighted by Crippen LogP contribution is 2.26. The van der Waals surface area contributed by atoms with Gasteiger partial charge in [-0.15, -0.1) is 10.2 Å². The van der Waals surface area contributed by atoms with Crippen LogP contribution in [0.5, 0.6) is 0 Å². The van der Waals surface area contributed by atoms with Gasteiger partial charge in [-0.1, -0.05) is 19.1 Å². The molecule has 1 aromatic heterocycles. The van der Waals surface area contributed by atoms with E-state index in [1.165, 1.54) is 0 Å². The van der Waals surface area contributed by atoms with Gasteiger partial charge in [0.25, 0.3) is 0 Å². The van der Waals surface area contributed by atoms with Crippen LogP contribution >= 0.6 is 0 Å². The Labute approximate surface area is 111 Å². The third-order valence-electron chi connectivity index (χ3n) is 2.72. The molecule has 2 aromatic rings. The van der Waals surface area contributed by atoms with Crippen LogP contribution in [0.3, 0.4) is 0 Å². The number of aryl methyl sites for hydroxylation is 1. The van der Waals surface area contributed by atoms with Crippen LogP contribution in [0.2, 0.25) is 0 Å². The smallest absolute Gasteiger partial charge is 0.249 e. The molecule has 0 bridgehead atoms. The van der Waals surface area contributed by atoms with E-state index in [2.05, 4.69) is 15.5 Å². The van der Waals surface area contributed by atoms with Crippen molar-refractivity contribution >= 4 is 11.6 Å². The first-order chi connectivity index (χ1) is 9.11. The van der Waals surface area contributed by atoms with Gasteiger partial charge in [-0.2, -0.15) is 0 Å². The zero-order valence-corrected chi connectivity index (χ0v) is 10.9. The maximum absolute atomic E-state index is 11.8. The number of hydrogen-bond donors (Lipinski definition) is 2. The summed E-state index contributed by atoms with van der Waals surface area (Å²) >= 11 is 0. The van der Waals surface area contributed by atoms with E-state index in [0.717, 1.165) is 0 Å². The van der Waals surface area contributed by atoms with Crippen LogP contribution < -0.4 is 11.1 Å². The maximum atomic E-state index is 11.8. The first kappa shape index (κ1) is 13.2. The minimum absolute atomic E-state index is 0.230. The summed E-state index contributed by atoms with van der Waals surface area (Å²) in [6.07, 6.45) is 0.577. The fraction of sp³-hybridized carbons (Fsp3) is 0.308. The van der Waals surface area contributed by atoms with Gasteiger partial charge in [0.2, 0.25) is 17.7 Å². The lowest BCUT2D eigenvalue weighted by molar-refractivity contribution is -0.117. The van der Waals surface area contributed by atoms with Crippen molar-refractivity contribution in [2.45, 2.75) is 26.3 Å². The van der Waals surface area contributed by atoms with Crippen LogP contribution in [0.25, 0.3) is 11.5 Å². The highest BCUT2D eigenvalue weighted by Gasteiger charge is 2.15. The van der Waals surface area contributed by atoms with Crippen LogP contribution in [-0.4, -0.2) is 22.1 Å². The molecule has 1 atom stereocenters. The Bertz CT molecular complexity index is 580. The fourth-order valence-corrected chi connectivity index (χ4v) is 1.59. The van der Waals surface area contributed by atoms with Crippen LogP contribution in [-0.2, 0) is 4.79 Å². The zero-order valence-electron chi connectivity index (χ0n) is 10.9. The van der Waals surface area contributed by atoms with E-state index in [-0.39, 0.29) is 5.91 Å². The number of amides is 1. The molecule has 0 saturated carbocycles. The molecule has 2 rings (SSSR count). The lowest BCUT2D eigenvalue weighted by Crippen LogP contribution is -2.34. The molecule has 0 radical (unpaired) electrons. The number of hydrogen-bond acceptors (Lipinski definition) is 5. The molecule has 6 nitrogen and oxygen atoms in total. The fourth-order valence-electron chi connectivity index (χ4n) is 1.59. The molecule has 0 spiro atoms. The van der Waals surface area contributed by atoms with E-state index >= 15 is 0 Å². The van der Waals surface area contributed by atoms with Crippen molar-refractivity contribution in [3.63, 3.8) is 0 Å². The van der Waals surface area contributed by atoms with Crippen molar-refractivity contribution in [1.29, 1.82) is 0 Å². The SMILES string of the molecule is CC[C@H](N)C(=O)Nc1ccccc1-c1nnc(C)o1. The monoisotopic (exact) mass is 260 g/mol. The molecule has 1 aromatic carbocycles. The van der Waals surface area contributed by atoms with Crippen LogP contribution in [0, 0.1) is 6.92 Å². The number of nitrogens with zero attached hydrogens (tertiary/aromatic N) is 2. The Morgan fingerprint density at radius 3 is 2.79 bits per heavy atom. The topological polar surface area (TPSA) is 94.0 Å². The van der Waals surface area contributed by atoms with Gasteiger partial charge in [0, 0.05) is 6.92 Å². The maximum Gasteiger partial charge on any atom is 0.249 e. The molecular formula is C13H16N4O2. The Kier molecular flexibility index (Phi) is 3.91. The number of carbonyl (C=O) groups excluding carboxylic acids is 1. The van der Waals surface area contributed by atoms with Gasteiger partial charge in [0.1, 0.15) is 0 Å². The third kappa shape index (κ3) is 2.97. The van der Waals surface area contributed by atoms with E-state index in [4.69, 9.17) is 10.2 Å². The number of nitrogens with two attached hydrogens (primary N) is 1. The first-order valence-electron chi connectivity index (χ1n) is 6.07. The number of benzene rings is 1. The van der Waals surface area contributed by atoms with Gasteiger partial charge >= 0.3 is 0 Å². The number of anilines is 1. The summed E-state index contributed by atoms with van der Waals surface area (Å²) in [7, 11) is 0. The number of para-hydroxylation sites is 1. The van der Waals surface area contributed by atoms with E-state index in [1.54, 1.807) is 19.1 Å². The second-order valence-electron chi connectivity index (χ2n) is 4.18. The van der Waals surface area contributed by atoms with Crippen LogP contribution in [0.1, 0.15) is 19.2 Å². The largest absolute Gasteiger partial charge is 0.421 e. The quantitative estimate of drug-likeness (QED) is 0.872. The van der Waals surface area contributed by atoms with Crippen LogP contribution in [0.15, 0.2) is 28.7 Å². The minimum Gasteiger partial charge on any atom is -0.421 e. The molecule has 0 saturated heterocycles. The van der Waals surface area contributed by atoms with Crippen molar-refractivity contribution in [2.75, 3.05) is 5.32 Å². The molecule has 0 unspecified atom stereocenters. The lowest BCUT2D eigenvalue weighted by atomic mass is 10.1. The summed E-state index contributed by atoms with van der Waals surface area (Å²) in [4.78, 5) is 11.8. The van der Waals surface area contributed by atoms with Crippen LogP contribution in [0.4, 0.5) is 5.69 Å². The summed E-state index contributed by atoms with van der Waals surface area (Å²) in [5.41, 5.74) is 6.99. The number of rotatable bonds is 4. The van der Waals surface area contributed by atoms with Crippen molar-refractivity contribution in [2.24, 2.45) is 5.73 Å². The first-order valence-corrected chi connectivity index (χ1v) is 6.07. The van der Waals surface area contributed by atoms with Crippen molar-refractivity contribution in [3.05, 3.63) is 30.2 Å². The molecule has 0 aliphatic carbocycles. The summed E-state index contributed by atoms with van der Waals surface area (Å²) in [5, 5.41) is 10.5. The Morgan fingerprint density at radius 2 is 2.16 bits per heavy atom. The van der Waals surface area contributed by atoms with Gasteiger partial charge in [0.15, 0.2) is 0 Å². The molecule has 0 aliphatic rings. The average Bonchev–Trinajstić information content (AvgIpc) is 2.85. The molecule has 0 aliphatic heterocycles. The third-order valence-corrected chi connectivity index (χ3v) is 2.72. The van der Waals surface area contributed by atoms with E-state index in [9.17, 15) is 4.79 Å². The molecule has 1 heterocycles. The molecular weight excluding hydrogens is 244 g/mol. The summed E-state index contributed by atoms with van der Waals surface area (Å²) in [6.45, 7) is 3.57. The lowest BCUT2D eigenvalue weighted by Gasteiger charge is -2.12. The van der Waals surface area contributed by atoms with Gasteiger partial charge in [-0.25, -0.2) is 0 Å². The second kappa shape index (κ2) is 5.62. The number of carbonyl (C=O) groups is 1. The Hall–Kier alpha value is -2.21. The van der Waals surface area contributed by atoms with E-state index in [0.29, 0.717) is 29.5 Å². The number of nitrogens with one attached hydrogen (secondary N) is 1. The predicted octanol–water partition coefficient (Wildman–Crippen LogP) is 1.72. The normalized spacial score (nSPS) is 12.2. The highest BCUT2D eigenvalue weighted by molar-refractivity contribution is 5.97. The minimum atomic E-state index is -0.530. The van der Waals surface area contributed by atoms with Gasteiger partial charge < -0.3 is 15.5 Å². The summed E-state index contributed by atoms with van der Waals surface area (Å²) in [5.74, 6) is 0.617. The van der Waals surface area contributed by atoms with E-state index in [1.807, 2.05) is 19.1 Å². The molecule has 19 heavy (non-hydrogen) atoms. The van der Waals surface area contributed by atoms with Gasteiger partial charge in [-0.05, 0) is 18.6 Å². The highest BCUT2D eigenvalue weighted by atomic mass is 16.4. The average molecular weight is 260 g/mol. The van der Waals surface area contributed by atoms with Crippen molar-refractivity contribution in [3.8, 4) is 11.5 Å². The molecule has 3 N–H and O–H groups in total. The van der Waals surface area contributed by atoms with Crippen molar-refractivity contribution in [1.82, 2.24) is 10.2 Å². The molecule has 1 amide bonds. The van der Waals surface area contributed by atoms with Gasteiger partial charge in [-0.3, -0.25) is 4.79 Å². The summed E-state index contributed by atoms with van der Waals surface area (Å²) < 4.78 is 5.37. The van der Waals surface area contributed by atoms with E-state index < -0.39 is 6.04 Å². The molecule has 100 valence electrons. The molecule has 0 fully saturated rings. The zero-order chi connectivity index (χ0) is 13.8. The summed E-state index contributed by atoms with van der Waals surface area (Å²) in [6, 6.07) is 6.71. The predicted molar refractivity (Wildman–Crippen MR) is 71.4 cm³/mol. The van der Waals surface area contributed by atoms with Crippen molar-refractivity contribution < 1.29 is 9.21 Å².